The van der Waals surface area contributed by atoms with E-state index in [1.165, 1.54) is 31.2 Å². The molecule has 0 radical (unpaired) electrons. The predicted octanol–water partition coefficient (Wildman–Crippen LogP) is 3.68. The van der Waals surface area contributed by atoms with Crippen molar-refractivity contribution in [2.24, 2.45) is 5.41 Å². The Bertz CT molecular complexity index is 413. The van der Waals surface area contributed by atoms with Crippen LogP contribution in [0.1, 0.15) is 51.1 Å². The van der Waals surface area contributed by atoms with Crippen molar-refractivity contribution in [3.63, 3.8) is 0 Å². The number of ether oxygens (including phenoxy) is 1. The number of rotatable bonds is 5. The van der Waals surface area contributed by atoms with E-state index in [1.807, 2.05) is 0 Å². The van der Waals surface area contributed by atoms with E-state index in [0.29, 0.717) is 23.6 Å². The number of benzene rings is 1. The van der Waals surface area contributed by atoms with Crippen LogP contribution >= 0.6 is 0 Å². The fourth-order valence-corrected chi connectivity index (χ4v) is 3.81. The molecular weight excluding hydrogens is 234 g/mol. The van der Waals surface area contributed by atoms with Gasteiger partial charge in [-0.25, -0.2) is 0 Å². The van der Waals surface area contributed by atoms with Gasteiger partial charge in [-0.2, -0.15) is 0 Å². The van der Waals surface area contributed by atoms with Crippen LogP contribution in [0.5, 0.6) is 0 Å². The second kappa shape index (κ2) is 5.26. The van der Waals surface area contributed by atoms with Crippen LogP contribution in [0.3, 0.4) is 0 Å². The first-order valence-electron chi connectivity index (χ1n) is 7.69. The van der Waals surface area contributed by atoms with Crippen LogP contribution in [-0.4, -0.2) is 18.8 Å². The third kappa shape index (κ3) is 2.21. The first-order valence-corrected chi connectivity index (χ1v) is 7.69. The maximum atomic E-state index is 5.91. The third-order valence-corrected chi connectivity index (χ3v) is 5.19. The van der Waals surface area contributed by atoms with Gasteiger partial charge in [0.15, 0.2) is 0 Å². The van der Waals surface area contributed by atoms with Crippen molar-refractivity contribution in [2.75, 3.05) is 6.61 Å². The van der Waals surface area contributed by atoms with E-state index in [1.54, 1.807) is 0 Å². The highest BCUT2D eigenvalue weighted by atomic mass is 16.5. The summed E-state index contributed by atoms with van der Waals surface area (Å²) in [7, 11) is 0. The SMILES string of the molecule is CCOC1CC(N[C@@H](C)c2ccccc2)C12CCC2. The van der Waals surface area contributed by atoms with Crippen molar-refractivity contribution in [3.05, 3.63) is 35.9 Å². The molecule has 0 saturated heterocycles. The van der Waals surface area contributed by atoms with Crippen molar-refractivity contribution >= 4 is 0 Å². The summed E-state index contributed by atoms with van der Waals surface area (Å²) in [5.74, 6) is 0. The molecule has 2 aliphatic carbocycles. The Morgan fingerprint density at radius 2 is 2.05 bits per heavy atom. The van der Waals surface area contributed by atoms with E-state index in [2.05, 4.69) is 49.5 Å². The van der Waals surface area contributed by atoms with Gasteiger partial charge in [0, 0.05) is 24.1 Å². The summed E-state index contributed by atoms with van der Waals surface area (Å²) >= 11 is 0. The molecule has 0 bridgehead atoms. The molecule has 1 aromatic rings. The largest absolute Gasteiger partial charge is 0.378 e. The topological polar surface area (TPSA) is 21.3 Å². The quantitative estimate of drug-likeness (QED) is 0.871. The van der Waals surface area contributed by atoms with Crippen LogP contribution in [0.25, 0.3) is 0 Å². The summed E-state index contributed by atoms with van der Waals surface area (Å²) in [6, 6.07) is 11.8. The molecule has 2 unspecified atom stereocenters. The van der Waals surface area contributed by atoms with Crippen molar-refractivity contribution < 1.29 is 4.74 Å². The second-order valence-corrected chi connectivity index (χ2v) is 6.12. The number of nitrogens with one attached hydrogen (secondary N) is 1. The van der Waals surface area contributed by atoms with Crippen LogP contribution in [0, 0.1) is 5.41 Å². The van der Waals surface area contributed by atoms with Gasteiger partial charge in [-0.1, -0.05) is 36.8 Å². The van der Waals surface area contributed by atoms with Gasteiger partial charge in [0.05, 0.1) is 6.10 Å². The van der Waals surface area contributed by atoms with E-state index in [9.17, 15) is 0 Å². The lowest BCUT2D eigenvalue weighted by Gasteiger charge is -2.61. The maximum Gasteiger partial charge on any atom is 0.0661 e. The van der Waals surface area contributed by atoms with Crippen LogP contribution in [-0.2, 0) is 4.74 Å². The van der Waals surface area contributed by atoms with E-state index in [-0.39, 0.29) is 0 Å². The molecule has 1 N–H and O–H groups in total. The van der Waals surface area contributed by atoms with Gasteiger partial charge < -0.3 is 10.1 Å². The second-order valence-electron chi connectivity index (χ2n) is 6.12. The van der Waals surface area contributed by atoms with Gasteiger partial charge in [0.2, 0.25) is 0 Å². The molecule has 2 fully saturated rings. The first kappa shape index (κ1) is 13.1. The Hall–Kier alpha value is -0.860. The van der Waals surface area contributed by atoms with Gasteiger partial charge in [0.25, 0.3) is 0 Å². The summed E-state index contributed by atoms with van der Waals surface area (Å²) < 4.78 is 5.91. The Morgan fingerprint density at radius 3 is 2.63 bits per heavy atom. The monoisotopic (exact) mass is 259 g/mol. The molecule has 0 amide bonds. The predicted molar refractivity (Wildman–Crippen MR) is 78.1 cm³/mol. The molecule has 1 aromatic carbocycles. The maximum absolute atomic E-state index is 5.91. The summed E-state index contributed by atoms with van der Waals surface area (Å²) in [6.07, 6.45) is 5.76. The standard InChI is InChI=1S/C17H25NO/c1-3-19-16-12-15(17(16)10-7-11-17)18-13(2)14-8-5-4-6-9-14/h4-6,8-9,13,15-16,18H,3,7,10-12H2,1-2H3/t13-,15?,16?/m0/s1. The first-order chi connectivity index (χ1) is 9.26. The highest BCUT2D eigenvalue weighted by Gasteiger charge is 2.58. The molecule has 1 spiro atoms. The molecule has 3 atom stereocenters. The molecule has 0 aromatic heterocycles. The Kier molecular flexibility index (Phi) is 3.64. The molecular formula is C17H25NO. The van der Waals surface area contributed by atoms with Crippen LogP contribution in [0.2, 0.25) is 0 Å². The van der Waals surface area contributed by atoms with Crippen LogP contribution < -0.4 is 5.32 Å². The molecule has 2 saturated carbocycles. The molecule has 2 heteroatoms. The molecule has 0 aliphatic heterocycles. The fraction of sp³-hybridized carbons (Fsp3) is 0.647. The molecule has 104 valence electrons. The number of hydrogen-bond donors (Lipinski definition) is 1. The molecule has 19 heavy (non-hydrogen) atoms. The zero-order chi connectivity index (χ0) is 13.3. The minimum absolute atomic E-state index is 0.436. The number of hydrogen-bond acceptors (Lipinski definition) is 2. The normalized spacial score (nSPS) is 29.6. The lowest BCUT2D eigenvalue weighted by molar-refractivity contribution is -0.174. The average Bonchev–Trinajstić information content (AvgIpc) is 2.36. The van der Waals surface area contributed by atoms with Crippen molar-refractivity contribution in [2.45, 2.75) is 57.7 Å². The van der Waals surface area contributed by atoms with E-state index in [4.69, 9.17) is 4.74 Å². The van der Waals surface area contributed by atoms with Crippen LogP contribution in [0.4, 0.5) is 0 Å². The highest BCUT2D eigenvalue weighted by Crippen LogP contribution is 2.57. The molecule has 2 aliphatic rings. The summed E-state index contributed by atoms with van der Waals surface area (Å²) in [5, 5.41) is 3.83. The molecule has 3 rings (SSSR count). The summed E-state index contributed by atoms with van der Waals surface area (Å²) in [4.78, 5) is 0. The minimum atomic E-state index is 0.436. The summed E-state index contributed by atoms with van der Waals surface area (Å²) in [5.41, 5.74) is 1.84. The van der Waals surface area contributed by atoms with E-state index in [0.717, 1.165) is 6.61 Å². The molecule has 0 heterocycles. The third-order valence-electron chi connectivity index (χ3n) is 5.19. The zero-order valence-electron chi connectivity index (χ0n) is 12.1. The van der Waals surface area contributed by atoms with E-state index >= 15 is 0 Å². The van der Waals surface area contributed by atoms with Gasteiger partial charge >= 0.3 is 0 Å². The highest BCUT2D eigenvalue weighted by molar-refractivity contribution is 5.20. The van der Waals surface area contributed by atoms with Crippen molar-refractivity contribution in [3.8, 4) is 0 Å². The van der Waals surface area contributed by atoms with E-state index < -0.39 is 0 Å². The lowest BCUT2D eigenvalue weighted by Crippen LogP contribution is -2.67. The fourth-order valence-electron chi connectivity index (χ4n) is 3.81. The van der Waals surface area contributed by atoms with Gasteiger partial charge in [0.1, 0.15) is 0 Å². The van der Waals surface area contributed by atoms with Crippen LogP contribution in [0.15, 0.2) is 30.3 Å². The smallest absolute Gasteiger partial charge is 0.0661 e. The lowest BCUT2D eigenvalue weighted by atomic mass is 9.51. The minimum Gasteiger partial charge on any atom is -0.378 e. The molecule has 2 nitrogen and oxygen atoms in total. The summed E-state index contributed by atoms with van der Waals surface area (Å²) in [6.45, 7) is 5.24. The zero-order valence-corrected chi connectivity index (χ0v) is 12.1. The Labute approximate surface area is 116 Å². The Balaban J connectivity index is 1.62. The van der Waals surface area contributed by atoms with Crippen molar-refractivity contribution in [1.29, 1.82) is 0 Å². The van der Waals surface area contributed by atoms with Gasteiger partial charge in [-0.05, 0) is 38.7 Å². The average molecular weight is 259 g/mol. The van der Waals surface area contributed by atoms with Crippen molar-refractivity contribution in [1.82, 2.24) is 5.32 Å². The Morgan fingerprint density at radius 1 is 1.32 bits per heavy atom. The van der Waals surface area contributed by atoms with Gasteiger partial charge in [-0.3, -0.25) is 0 Å². The van der Waals surface area contributed by atoms with Gasteiger partial charge in [-0.15, -0.1) is 0 Å².